The van der Waals surface area contributed by atoms with Crippen molar-refractivity contribution in [3.05, 3.63) is 23.3 Å². The zero-order chi connectivity index (χ0) is 13.5. The van der Waals surface area contributed by atoms with E-state index in [9.17, 15) is 5.11 Å². The molecule has 18 heavy (non-hydrogen) atoms. The first-order valence-corrected chi connectivity index (χ1v) is 5.92. The van der Waals surface area contributed by atoms with Crippen LogP contribution in [-0.2, 0) is 6.54 Å². The van der Waals surface area contributed by atoms with Crippen LogP contribution >= 0.6 is 0 Å². The van der Waals surface area contributed by atoms with Crippen molar-refractivity contribution in [3.8, 4) is 11.5 Å². The van der Waals surface area contributed by atoms with Crippen LogP contribution in [0.25, 0.3) is 0 Å². The van der Waals surface area contributed by atoms with Crippen molar-refractivity contribution in [3.63, 3.8) is 0 Å². The SMILES string of the molecule is COc1cc(C)c(CNCC(O)CN)cc1OC. The minimum absolute atomic E-state index is 0.262. The molecule has 5 heteroatoms. The Balaban J connectivity index is 2.71. The fraction of sp³-hybridized carbons (Fsp3) is 0.538. The summed E-state index contributed by atoms with van der Waals surface area (Å²) in [7, 11) is 3.23. The van der Waals surface area contributed by atoms with Gasteiger partial charge in [0.05, 0.1) is 20.3 Å². The average molecular weight is 254 g/mol. The predicted octanol–water partition coefficient (Wildman–Crippen LogP) is 0.421. The molecule has 1 atom stereocenters. The predicted molar refractivity (Wildman–Crippen MR) is 71.1 cm³/mol. The fourth-order valence-electron chi connectivity index (χ4n) is 1.67. The Morgan fingerprint density at radius 1 is 1.28 bits per heavy atom. The number of nitrogens with one attached hydrogen (secondary N) is 1. The summed E-state index contributed by atoms with van der Waals surface area (Å²) in [4.78, 5) is 0. The van der Waals surface area contributed by atoms with E-state index in [2.05, 4.69) is 5.32 Å². The maximum Gasteiger partial charge on any atom is 0.161 e. The highest BCUT2D eigenvalue weighted by Gasteiger charge is 2.08. The van der Waals surface area contributed by atoms with E-state index in [-0.39, 0.29) is 6.54 Å². The molecule has 1 rings (SSSR count). The van der Waals surface area contributed by atoms with Crippen LogP contribution in [0.1, 0.15) is 11.1 Å². The molecule has 1 unspecified atom stereocenters. The lowest BCUT2D eigenvalue weighted by molar-refractivity contribution is 0.179. The quantitative estimate of drug-likeness (QED) is 0.657. The highest BCUT2D eigenvalue weighted by atomic mass is 16.5. The van der Waals surface area contributed by atoms with Crippen LogP contribution in [-0.4, -0.2) is 38.5 Å². The van der Waals surface area contributed by atoms with Crippen molar-refractivity contribution >= 4 is 0 Å². The van der Waals surface area contributed by atoms with Crippen LogP contribution < -0.4 is 20.5 Å². The van der Waals surface area contributed by atoms with Crippen molar-refractivity contribution in [2.24, 2.45) is 5.73 Å². The molecule has 5 nitrogen and oxygen atoms in total. The highest BCUT2D eigenvalue weighted by Crippen LogP contribution is 2.30. The molecule has 0 heterocycles. The maximum atomic E-state index is 9.36. The molecule has 0 amide bonds. The van der Waals surface area contributed by atoms with E-state index in [1.807, 2.05) is 19.1 Å². The number of rotatable bonds is 7. The first-order valence-electron chi connectivity index (χ1n) is 5.92. The van der Waals surface area contributed by atoms with Gasteiger partial charge in [0.2, 0.25) is 0 Å². The molecule has 1 aromatic rings. The Bertz CT molecular complexity index is 383. The lowest BCUT2D eigenvalue weighted by Crippen LogP contribution is -2.32. The molecule has 102 valence electrons. The summed E-state index contributed by atoms with van der Waals surface area (Å²) in [5, 5.41) is 12.5. The summed E-state index contributed by atoms with van der Waals surface area (Å²) in [6.07, 6.45) is -0.509. The van der Waals surface area contributed by atoms with Gasteiger partial charge in [0.25, 0.3) is 0 Å². The second kappa shape index (κ2) is 7.20. The van der Waals surface area contributed by atoms with Crippen molar-refractivity contribution < 1.29 is 14.6 Å². The van der Waals surface area contributed by atoms with E-state index >= 15 is 0 Å². The average Bonchev–Trinajstić information content (AvgIpc) is 2.39. The van der Waals surface area contributed by atoms with Crippen molar-refractivity contribution in [2.75, 3.05) is 27.3 Å². The molecule has 1 aromatic carbocycles. The monoisotopic (exact) mass is 254 g/mol. The molecule has 0 aromatic heterocycles. The summed E-state index contributed by atoms with van der Waals surface area (Å²) < 4.78 is 10.5. The lowest BCUT2D eigenvalue weighted by atomic mass is 10.1. The van der Waals surface area contributed by atoms with Gasteiger partial charge in [-0.3, -0.25) is 0 Å². The van der Waals surface area contributed by atoms with E-state index < -0.39 is 6.10 Å². The molecule has 4 N–H and O–H groups in total. The van der Waals surface area contributed by atoms with Gasteiger partial charge in [0, 0.05) is 19.6 Å². The first-order chi connectivity index (χ1) is 8.62. The van der Waals surface area contributed by atoms with Gasteiger partial charge in [-0.2, -0.15) is 0 Å². The molecule has 0 aliphatic carbocycles. The summed E-state index contributed by atoms with van der Waals surface area (Å²) in [5.41, 5.74) is 7.56. The van der Waals surface area contributed by atoms with Crippen molar-refractivity contribution in [1.82, 2.24) is 5.32 Å². The van der Waals surface area contributed by atoms with Crippen LogP contribution in [0.3, 0.4) is 0 Å². The minimum Gasteiger partial charge on any atom is -0.493 e. The number of nitrogens with two attached hydrogens (primary N) is 1. The molecule has 0 aliphatic rings. The second-order valence-electron chi connectivity index (χ2n) is 4.15. The number of hydrogen-bond acceptors (Lipinski definition) is 5. The molecule has 0 saturated heterocycles. The van der Waals surface area contributed by atoms with E-state index in [1.165, 1.54) is 0 Å². The first kappa shape index (κ1) is 14.8. The summed E-state index contributed by atoms with van der Waals surface area (Å²) >= 11 is 0. The fourth-order valence-corrected chi connectivity index (χ4v) is 1.67. The van der Waals surface area contributed by atoms with Crippen LogP contribution in [0.15, 0.2) is 12.1 Å². The number of aryl methyl sites for hydroxylation is 1. The van der Waals surface area contributed by atoms with Crippen molar-refractivity contribution in [2.45, 2.75) is 19.6 Å². The van der Waals surface area contributed by atoms with Crippen LogP contribution in [0.4, 0.5) is 0 Å². The largest absolute Gasteiger partial charge is 0.493 e. The highest BCUT2D eigenvalue weighted by molar-refractivity contribution is 5.46. The Kier molecular flexibility index (Phi) is 5.91. The summed E-state index contributed by atoms with van der Waals surface area (Å²) in [5.74, 6) is 1.43. The lowest BCUT2D eigenvalue weighted by Gasteiger charge is -2.14. The number of aliphatic hydroxyl groups excluding tert-OH is 1. The van der Waals surface area contributed by atoms with E-state index in [0.29, 0.717) is 18.8 Å². The molecular weight excluding hydrogens is 232 g/mol. The van der Waals surface area contributed by atoms with Gasteiger partial charge < -0.3 is 25.6 Å². The van der Waals surface area contributed by atoms with Crippen LogP contribution in [0, 0.1) is 6.92 Å². The van der Waals surface area contributed by atoms with E-state index in [4.69, 9.17) is 15.2 Å². The number of benzene rings is 1. The maximum absolute atomic E-state index is 9.36. The van der Waals surface area contributed by atoms with Gasteiger partial charge in [-0.05, 0) is 30.2 Å². The standard InChI is InChI=1S/C13H22N2O3/c1-9-4-12(17-2)13(18-3)5-10(9)7-15-8-11(16)6-14/h4-5,11,15-16H,6-8,14H2,1-3H3. The van der Waals surface area contributed by atoms with Crippen molar-refractivity contribution in [1.29, 1.82) is 0 Å². The Morgan fingerprint density at radius 3 is 2.44 bits per heavy atom. The molecule has 0 bridgehead atoms. The van der Waals surface area contributed by atoms with Gasteiger partial charge in [-0.25, -0.2) is 0 Å². The summed E-state index contributed by atoms with van der Waals surface area (Å²) in [6.45, 7) is 3.41. The molecule has 0 fully saturated rings. The van der Waals surface area contributed by atoms with Crippen LogP contribution in [0.2, 0.25) is 0 Å². The number of aliphatic hydroxyl groups is 1. The number of methoxy groups -OCH3 is 2. The molecular formula is C13H22N2O3. The Labute approximate surface area is 108 Å². The zero-order valence-corrected chi connectivity index (χ0v) is 11.2. The topological polar surface area (TPSA) is 76.7 Å². The number of ether oxygens (including phenoxy) is 2. The third kappa shape index (κ3) is 3.87. The smallest absolute Gasteiger partial charge is 0.161 e. The van der Waals surface area contributed by atoms with Gasteiger partial charge in [0.1, 0.15) is 0 Å². The Hall–Kier alpha value is -1.30. The van der Waals surface area contributed by atoms with Gasteiger partial charge >= 0.3 is 0 Å². The number of hydrogen-bond donors (Lipinski definition) is 3. The second-order valence-corrected chi connectivity index (χ2v) is 4.15. The molecule has 0 aliphatic heterocycles. The molecule has 0 saturated carbocycles. The van der Waals surface area contributed by atoms with Crippen LogP contribution in [0.5, 0.6) is 11.5 Å². The third-order valence-electron chi connectivity index (χ3n) is 2.81. The molecule has 0 spiro atoms. The Morgan fingerprint density at radius 2 is 1.89 bits per heavy atom. The van der Waals surface area contributed by atoms with Gasteiger partial charge in [0.15, 0.2) is 11.5 Å². The normalized spacial score (nSPS) is 12.3. The zero-order valence-electron chi connectivity index (χ0n) is 11.2. The summed E-state index contributed by atoms with van der Waals surface area (Å²) in [6, 6.07) is 3.88. The third-order valence-corrected chi connectivity index (χ3v) is 2.81. The molecule has 0 radical (unpaired) electrons. The van der Waals surface area contributed by atoms with Gasteiger partial charge in [-0.15, -0.1) is 0 Å². The van der Waals surface area contributed by atoms with E-state index in [1.54, 1.807) is 14.2 Å². The minimum atomic E-state index is -0.509. The van der Waals surface area contributed by atoms with E-state index in [0.717, 1.165) is 16.9 Å². The van der Waals surface area contributed by atoms with Gasteiger partial charge in [-0.1, -0.05) is 0 Å².